The maximum Gasteiger partial charge on any atom is 0.325 e. The molecular formula is C24H34N4O2. The zero-order valence-electron chi connectivity index (χ0n) is 17.9. The van der Waals surface area contributed by atoms with Crippen LogP contribution in [0.5, 0.6) is 0 Å². The number of urea groups is 1. The number of hydrogen-bond acceptors (Lipinski definition) is 4. The Bertz CT molecular complexity index is 771. The number of hydrogen-bond donors (Lipinski definition) is 1. The lowest BCUT2D eigenvalue weighted by Crippen LogP contribution is -2.56. The molecule has 0 unspecified atom stereocenters. The molecule has 6 nitrogen and oxygen atoms in total. The highest BCUT2D eigenvalue weighted by molar-refractivity contribution is 6.07. The second kappa shape index (κ2) is 8.31. The molecule has 1 atom stereocenters. The molecule has 1 aromatic rings. The van der Waals surface area contributed by atoms with E-state index in [4.69, 9.17) is 0 Å². The van der Waals surface area contributed by atoms with Crippen molar-refractivity contribution < 1.29 is 9.59 Å². The van der Waals surface area contributed by atoms with E-state index in [0.29, 0.717) is 0 Å². The first-order valence-electron chi connectivity index (χ1n) is 11.8. The van der Waals surface area contributed by atoms with Crippen LogP contribution >= 0.6 is 0 Å². The van der Waals surface area contributed by atoms with Crippen LogP contribution in [-0.4, -0.2) is 77.5 Å². The fourth-order valence-electron chi connectivity index (χ4n) is 5.48. The van der Waals surface area contributed by atoms with Crippen molar-refractivity contribution in [3.8, 4) is 0 Å². The summed E-state index contributed by atoms with van der Waals surface area (Å²) in [5.74, 6) is 0.881. The molecule has 5 rings (SSSR count). The van der Waals surface area contributed by atoms with Crippen molar-refractivity contribution in [3.05, 3.63) is 35.9 Å². The zero-order valence-corrected chi connectivity index (χ0v) is 17.9. The van der Waals surface area contributed by atoms with Crippen LogP contribution in [0.2, 0.25) is 0 Å². The number of carbonyl (C=O) groups excluding carboxylic acids is 2. The van der Waals surface area contributed by atoms with Gasteiger partial charge in [0, 0.05) is 32.7 Å². The number of amides is 3. The van der Waals surface area contributed by atoms with Gasteiger partial charge in [-0.2, -0.15) is 0 Å². The summed E-state index contributed by atoms with van der Waals surface area (Å²) in [4.78, 5) is 32.8. The molecule has 1 spiro atoms. The predicted octanol–water partition coefficient (Wildman–Crippen LogP) is 2.49. The Morgan fingerprint density at radius 1 is 0.967 bits per heavy atom. The van der Waals surface area contributed by atoms with Crippen LogP contribution in [0.25, 0.3) is 0 Å². The van der Waals surface area contributed by atoms with Crippen molar-refractivity contribution in [1.82, 2.24) is 20.0 Å². The molecule has 0 bridgehead atoms. The summed E-state index contributed by atoms with van der Waals surface area (Å²) in [5, 5.41) is 3.12. The molecule has 0 radical (unpaired) electrons. The third kappa shape index (κ3) is 4.12. The van der Waals surface area contributed by atoms with Crippen molar-refractivity contribution >= 4 is 11.9 Å². The number of piperidine rings is 2. The Morgan fingerprint density at radius 3 is 2.47 bits per heavy atom. The molecule has 30 heavy (non-hydrogen) atoms. The minimum absolute atomic E-state index is 0.0356. The van der Waals surface area contributed by atoms with Gasteiger partial charge in [0.2, 0.25) is 0 Å². The molecule has 4 fully saturated rings. The molecule has 3 aliphatic heterocycles. The minimum atomic E-state index is -0.668. The first-order chi connectivity index (χ1) is 14.6. The second-order valence-electron chi connectivity index (χ2n) is 9.76. The van der Waals surface area contributed by atoms with E-state index in [1.165, 1.54) is 18.4 Å². The second-order valence-corrected chi connectivity index (χ2v) is 9.76. The SMILES string of the molecule is O=C1NC2(CCN(CCc3ccccc3)CC2)C(=O)N1[C@@H]1CCCN(CC2CC2)C1. The molecule has 3 amide bonds. The highest BCUT2D eigenvalue weighted by Crippen LogP contribution is 2.34. The first-order valence-corrected chi connectivity index (χ1v) is 11.8. The van der Waals surface area contributed by atoms with Gasteiger partial charge in [-0.05, 0) is 63.0 Å². The van der Waals surface area contributed by atoms with Crippen LogP contribution in [0.1, 0.15) is 44.1 Å². The highest BCUT2D eigenvalue weighted by atomic mass is 16.2. The number of rotatable bonds is 6. The van der Waals surface area contributed by atoms with Crippen molar-refractivity contribution in [1.29, 1.82) is 0 Å². The van der Waals surface area contributed by atoms with E-state index in [2.05, 4.69) is 39.4 Å². The molecule has 3 saturated heterocycles. The lowest BCUT2D eigenvalue weighted by molar-refractivity contribution is -0.135. The van der Waals surface area contributed by atoms with Crippen LogP contribution in [0.3, 0.4) is 0 Å². The quantitative estimate of drug-likeness (QED) is 0.732. The molecule has 6 heteroatoms. The molecule has 4 aliphatic rings. The first kappa shape index (κ1) is 20.0. The summed E-state index contributed by atoms with van der Waals surface area (Å²) in [6, 6.07) is 10.4. The Labute approximate surface area is 179 Å². The van der Waals surface area contributed by atoms with Gasteiger partial charge < -0.3 is 15.1 Å². The van der Waals surface area contributed by atoms with Gasteiger partial charge in [0.25, 0.3) is 5.91 Å². The highest BCUT2D eigenvalue weighted by Gasteiger charge is 2.54. The molecule has 162 valence electrons. The minimum Gasteiger partial charge on any atom is -0.323 e. The van der Waals surface area contributed by atoms with Gasteiger partial charge in [0.05, 0.1) is 6.04 Å². The molecule has 1 N–H and O–H groups in total. The van der Waals surface area contributed by atoms with E-state index in [1.54, 1.807) is 4.90 Å². The predicted molar refractivity (Wildman–Crippen MR) is 116 cm³/mol. The smallest absolute Gasteiger partial charge is 0.323 e. The lowest BCUT2D eigenvalue weighted by Gasteiger charge is -2.39. The molecule has 3 heterocycles. The van der Waals surface area contributed by atoms with Gasteiger partial charge in [0.15, 0.2) is 0 Å². The van der Waals surface area contributed by atoms with Crippen LogP contribution in [-0.2, 0) is 11.2 Å². The maximum absolute atomic E-state index is 13.4. The number of benzene rings is 1. The van der Waals surface area contributed by atoms with E-state index in [1.807, 2.05) is 6.07 Å². The molecule has 1 aliphatic carbocycles. The fraction of sp³-hybridized carbons (Fsp3) is 0.667. The number of likely N-dealkylation sites (tertiary alicyclic amines) is 2. The van der Waals surface area contributed by atoms with Gasteiger partial charge in [-0.3, -0.25) is 9.69 Å². The topological polar surface area (TPSA) is 55.9 Å². The van der Waals surface area contributed by atoms with Gasteiger partial charge in [-0.25, -0.2) is 4.79 Å². The Balaban J connectivity index is 1.17. The summed E-state index contributed by atoms with van der Waals surface area (Å²) in [6.45, 7) is 5.84. The molecule has 1 aromatic carbocycles. The Hall–Kier alpha value is -1.92. The van der Waals surface area contributed by atoms with E-state index in [0.717, 1.165) is 77.3 Å². The van der Waals surface area contributed by atoms with Crippen LogP contribution in [0.15, 0.2) is 30.3 Å². The van der Waals surface area contributed by atoms with E-state index in [-0.39, 0.29) is 18.0 Å². The summed E-state index contributed by atoms with van der Waals surface area (Å²) in [7, 11) is 0. The number of nitrogens with one attached hydrogen (secondary N) is 1. The van der Waals surface area contributed by atoms with Gasteiger partial charge in [0.1, 0.15) is 5.54 Å². The summed E-state index contributed by atoms with van der Waals surface area (Å²) in [6.07, 6.45) is 7.18. The third-order valence-electron chi connectivity index (χ3n) is 7.52. The molecule has 1 saturated carbocycles. The average molecular weight is 411 g/mol. The monoisotopic (exact) mass is 410 g/mol. The van der Waals surface area contributed by atoms with Gasteiger partial charge in [-0.15, -0.1) is 0 Å². The number of carbonyl (C=O) groups is 2. The third-order valence-corrected chi connectivity index (χ3v) is 7.52. The number of nitrogens with zero attached hydrogens (tertiary/aromatic N) is 3. The standard InChI is InChI=1S/C24H34N4O2/c29-22-24(11-15-26(16-12-24)14-10-19-5-2-1-3-6-19)25-23(30)28(22)21-7-4-13-27(18-21)17-20-8-9-20/h1-3,5-6,20-21H,4,7-18H2,(H,25,30)/t21-/m1/s1. The Morgan fingerprint density at radius 2 is 1.73 bits per heavy atom. The average Bonchev–Trinajstić information content (AvgIpc) is 3.54. The zero-order chi connectivity index (χ0) is 20.6. The summed E-state index contributed by atoms with van der Waals surface area (Å²) >= 11 is 0. The van der Waals surface area contributed by atoms with E-state index in [9.17, 15) is 9.59 Å². The van der Waals surface area contributed by atoms with E-state index < -0.39 is 5.54 Å². The van der Waals surface area contributed by atoms with Crippen molar-refractivity contribution in [2.24, 2.45) is 5.92 Å². The van der Waals surface area contributed by atoms with E-state index >= 15 is 0 Å². The molecular weight excluding hydrogens is 376 g/mol. The van der Waals surface area contributed by atoms with Crippen molar-refractivity contribution in [3.63, 3.8) is 0 Å². The lowest BCUT2D eigenvalue weighted by atomic mass is 9.87. The fourth-order valence-corrected chi connectivity index (χ4v) is 5.48. The van der Waals surface area contributed by atoms with Crippen LogP contribution in [0, 0.1) is 5.92 Å². The Kier molecular flexibility index (Phi) is 5.54. The maximum atomic E-state index is 13.4. The van der Waals surface area contributed by atoms with Crippen LogP contribution < -0.4 is 5.32 Å². The summed E-state index contributed by atoms with van der Waals surface area (Å²) in [5.41, 5.74) is 0.682. The normalized spacial score (nSPS) is 27.6. The van der Waals surface area contributed by atoms with Crippen LogP contribution in [0.4, 0.5) is 4.79 Å². The largest absolute Gasteiger partial charge is 0.325 e. The van der Waals surface area contributed by atoms with Crippen molar-refractivity contribution in [2.45, 2.75) is 56.5 Å². The van der Waals surface area contributed by atoms with Gasteiger partial charge in [-0.1, -0.05) is 30.3 Å². The summed E-state index contributed by atoms with van der Waals surface area (Å²) < 4.78 is 0. The molecule has 0 aromatic heterocycles. The van der Waals surface area contributed by atoms with Gasteiger partial charge >= 0.3 is 6.03 Å². The van der Waals surface area contributed by atoms with Crippen molar-refractivity contribution in [2.75, 3.05) is 39.3 Å². The number of imide groups is 1.